The largest absolute Gasteiger partial charge is 0.465 e. The lowest BCUT2D eigenvalue weighted by atomic mass is 9.94. The number of nitrogens with one attached hydrogen (secondary N) is 2. The predicted molar refractivity (Wildman–Crippen MR) is 142 cm³/mol. The van der Waals surface area contributed by atoms with E-state index in [4.69, 9.17) is 6.42 Å². The van der Waals surface area contributed by atoms with Crippen LogP contribution in [-0.2, 0) is 13.1 Å². The molecule has 0 saturated carbocycles. The van der Waals surface area contributed by atoms with Gasteiger partial charge in [0.15, 0.2) is 0 Å². The number of aromatic nitrogens is 1. The van der Waals surface area contributed by atoms with Crippen LogP contribution in [0.2, 0.25) is 0 Å². The van der Waals surface area contributed by atoms with E-state index in [1.807, 2.05) is 51.4 Å². The first-order valence-electron chi connectivity index (χ1n) is 10.9. The van der Waals surface area contributed by atoms with Crippen LogP contribution in [0.25, 0.3) is 21.9 Å². The van der Waals surface area contributed by atoms with Gasteiger partial charge in [-0.1, -0.05) is 36.3 Å². The second-order valence-electron chi connectivity index (χ2n) is 8.15. The van der Waals surface area contributed by atoms with E-state index >= 15 is 0 Å². The number of fused-ring (bicyclic) bond motifs is 1. The molecule has 184 valence electrons. The molecule has 35 heavy (non-hydrogen) atoms. The number of anilines is 1. The molecule has 1 heterocycles. The van der Waals surface area contributed by atoms with Crippen molar-refractivity contribution in [3.8, 4) is 23.5 Å². The maximum absolute atomic E-state index is 12.1. The normalized spacial score (nSPS) is 10.4. The summed E-state index contributed by atoms with van der Waals surface area (Å²) in [6.07, 6.45) is 5.93. The summed E-state index contributed by atoms with van der Waals surface area (Å²) in [5.74, 6) is 2.79. The zero-order chi connectivity index (χ0) is 24.7. The van der Waals surface area contributed by atoms with Gasteiger partial charge in [-0.25, -0.2) is 14.6 Å². The molecule has 0 spiro atoms. The van der Waals surface area contributed by atoms with Gasteiger partial charge in [0.05, 0.1) is 13.1 Å². The SMILES string of the molecule is C#CCN(Cc1ccc(-c2cccc(CN(C)C)c2)c2cc(NC(=O)NCC)ncc12)C(=O)O.Cl. The molecule has 0 fully saturated rings. The molecule has 3 N–H and O–H groups in total. The molecule has 9 heteroatoms. The molecule has 3 aromatic rings. The van der Waals surface area contributed by atoms with Gasteiger partial charge in [0.25, 0.3) is 0 Å². The van der Waals surface area contributed by atoms with Crippen molar-refractivity contribution in [2.75, 3.05) is 32.5 Å². The average molecular weight is 496 g/mol. The monoisotopic (exact) mass is 495 g/mol. The van der Waals surface area contributed by atoms with Crippen molar-refractivity contribution < 1.29 is 14.7 Å². The van der Waals surface area contributed by atoms with Crippen LogP contribution in [0.4, 0.5) is 15.4 Å². The van der Waals surface area contributed by atoms with Crippen molar-refractivity contribution in [2.24, 2.45) is 0 Å². The molecule has 0 bridgehead atoms. The number of carbonyl (C=O) groups is 2. The Kier molecular flexibility index (Phi) is 9.88. The van der Waals surface area contributed by atoms with Crippen molar-refractivity contribution in [3.05, 3.63) is 59.8 Å². The summed E-state index contributed by atoms with van der Waals surface area (Å²) in [4.78, 5) is 31.4. The molecule has 3 rings (SSSR count). The van der Waals surface area contributed by atoms with Gasteiger partial charge in [0.2, 0.25) is 0 Å². The maximum Gasteiger partial charge on any atom is 0.408 e. The fourth-order valence-electron chi connectivity index (χ4n) is 3.79. The van der Waals surface area contributed by atoms with E-state index in [9.17, 15) is 14.7 Å². The number of urea groups is 1. The van der Waals surface area contributed by atoms with E-state index in [-0.39, 0.29) is 31.5 Å². The number of hydrogen-bond donors (Lipinski definition) is 3. The predicted octanol–water partition coefficient (Wildman–Crippen LogP) is 4.64. The highest BCUT2D eigenvalue weighted by Crippen LogP contribution is 2.33. The summed E-state index contributed by atoms with van der Waals surface area (Å²) >= 11 is 0. The Morgan fingerprint density at radius 3 is 2.54 bits per heavy atom. The first-order valence-corrected chi connectivity index (χ1v) is 10.9. The van der Waals surface area contributed by atoms with Crippen molar-refractivity contribution in [1.29, 1.82) is 0 Å². The van der Waals surface area contributed by atoms with Crippen LogP contribution in [0, 0.1) is 12.3 Å². The smallest absolute Gasteiger partial charge is 0.408 e. The second-order valence-corrected chi connectivity index (χ2v) is 8.15. The Hall–Kier alpha value is -3.80. The number of carbonyl (C=O) groups excluding carboxylic acids is 1. The summed E-state index contributed by atoms with van der Waals surface area (Å²) in [5.41, 5.74) is 3.92. The zero-order valence-corrected chi connectivity index (χ0v) is 20.9. The quantitative estimate of drug-likeness (QED) is 0.395. The number of amides is 3. The van der Waals surface area contributed by atoms with Crippen LogP contribution in [0.3, 0.4) is 0 Å². The van der Waals surface area contributed by atoms with E-state index in [1.54, 1.807) is 6.20 Å². The summed E-state index contributed by atoms with van der Waals surface area (Å²) in [6, 6.07) is 13.6. The van der Waals surface area contributed by atoms with Crippen LogP contribution in [-0.4, -0.2) is 59.2 Å². The van der Waals surface area contributed by atoms with Crippen LogP contribution < -0.4 is 10.6 Å². The highest BCUT2D eigenvalue weighted by molar-refractivity contribution is 6.01. The second kappa shape index (κ2) is 12.6. The lowest BCUT2D eigenvalue weighted by molar-refractivity contribution is 0.149. The van der Waals surface area contributed by atoms with Crippen LogP contribution >= 0.6 is 12.4 Å². The van der Waals surface area contributed by atoms with Gasteiger partial charge in [-0.05, 0) is 60.8 Å². The number of rotatable bonds is 8. The fourth-order valence-corrected chi connectivity index (χ4v) is 3.79. The van der Waals surface area contributed by atoms with Crippen LogP contribution in [0.15, 0.2) is 48.7 Å². The number of benzene rings is 2. The van der Waals surface area contributed by atoms with Crippen molar-refractivity contribution >= 4 is 41.1 Å². The van der Waals surface area contributed by atoms with Crippen LogP contribution in [0.5, 0.6) is 0 Å². The van der Waals surface area contributed by atoms with Gasteiger partial charge < -0.3 is 15.3 Å². The standard InChI is InChI=1S/C26H29N5O3.ClH/c1-5-12-31(26(33)34)17-20-10-11-21(19-9-7-8-18(13-19)16-30(3)4)22-14-24(28-15-23(20)22)29-25(32)27-6-2;/h1,7-11,13-15H,6,12,16-17H2,2-4H3,(H,33,34)(H2,27,28,29,32);1H. The van der Waals surface area contributed by atoms with Gasteiger partial charge in [-0.15, -0.1) is 18.8 Å². The van der Waals surface area contributed by atoms with Crippen molar-refractivity contribution in [1.82, 2.24) is 20.1 Å². The van der Waals surface area contributed by atoms with Gasteiger partial charge >= 0.3 is 12.1 Å². The Morgan fingerprint density at radius 2 is 1.89 bits per heavy atom. The number of hydrogen-bond acceptors (Lipinski definition) is 4. The Balaban J connectivity index is 0.00000432. The maximum atomic E-state index is 12.1. The third-order valence-electron chi connectivity index (χ3n) is 5.22. The molecule has 2 aromatic carbocycles. The molecule has 0 aliphatic rings. The van der Waals surface area contributed by atoms with E-state index in [0.29, 0.717) is 12.4 Å². The third-order valence-corrected chi connectivity index (χ3v) is 5.22. The van der Waals surface area contributed by atoms with Gasteiger partial charge in [-0.2, -0.15) is 0 Å². The minimum Gasteiger partial charge on any atom is -0.465 e. The first-order chi connectivity index (χ1) is 16.3. The summed E-state index contributed by atoms with van der Waals surface area (Å²) in [6.45, 7) is 3.24. The number of halogens is 1. The van der Waals surface area contributed by atoms with Gasteiger partial charge in [0.1, 0.15) is 5.82 Å². The Bertz CT molecular complexity index is 1240. The van der Waals surface area contributed by atoms with E-state index in [0.717, 1.165) is 34.0 Å². The first kappa shape index (κ1) is 27.4. The number of pyridine rings is 1. The van der Waals surface area contributed by atoms with Crippen molar-refractivity contribution in [3.63, 3.8) is 0 Å². The lowest BCUT2D eigenvalue weighted by Gasteiger charge is -2.19. The minimum atomic E-state index is -1.09. The van der Waals surface area contributed by atoms with Crippen molar-refractivity contribution in [2.45, 2.75) is 20.0 Å². The average Bonchev–Trinajstić information content (AvgIpc) is 2.78. The Morgan fingerprint density at radius 1 is 1.11 bits per heavy atom. The molecule has 1 aromatic heterocycles. The molecule has 0 unspecified atom stereocenters. The fraction of sp³-hybridized carbons (Fsp3) is 0.269. The number of nitrogens with zero attached hydrogens (tertiary/aromatic N) is 3. The molecule has 3 amide bonds. The summed E-state index contributed by atoms with van der Waals surface area (Å²) < 4.78 is 0. The highest BCUT2D eigenvalue weighted by Gasteiger charge is 2.16. The molecule has 0 aliphatic carbocycles. The molecular weight excluding hydrogens is 466 g/mol. The summed E-state index contributed by atoms with van der Waals surface area (Å²) in [5, 5.41) is 16.6. The topological polar surface area (TPSA) is 97.8 Å². The minimum absolute atomic E-state index is 0. The highest BCUT2D eigenvalue weighted by atomic mass is 35.5. The molecule has 0 atom stereocenters. The molecule has 0 saturated heterocycles. The number of terminal acetylenes is 1. The van der Waals surface area contributed by atoms with Gasteiger partial charge in [-0.3, -0.25) is 10.2 Å². The van der Waals surface area contributed by atoms with Crippen LogP contribution in [0.1, 0.15) is 18.1 Å². The Labute approximate surface area is 211 Å². The zero-order valence-electron chi connectivity index (χ0n) is 20.0. The lowest BCUT2D eigenvalue weighted by Crippen LogP contribution is -2.29. The third kappa shape index (κ3) is 7.09. The summed E-state index contributed by atoms with van der Waals surface area (Å²) in [7, 11) is 4.04. The molecular formula is C26H30ClN5O3. The van der Waals surface area contributed by atoms with Gasteiger partial charge in [0, 0.05) is 24.7 Å². The van der Waals surface area contributed by atoms with E-state index in [1.165, 1.54) is 10.5 Å². The van der Waals surface area contributed by atoms with E-state index < -0.39 is 6.09 Å². The molecule has 0 radical (unpaired) electrons. The number of carboxylic acid groups (broad SMARTS) is 1. The molecule has 8 nitrogen and oxygen atoms in total. The molecule has 0 aliphatic heterocycles. The van der Waals surface area contributed by atoms with E-state index in [2.05, 4.69) is 38.6 Å².